The third-order valence-electron chi connectivity index (χ3n) is 3.46. The fourth-order valence-electron chi connectivity index (χ4n) is 2.37. The van der Waals surface area contributed by atoms with E-state index >= 15 is 0 Å². The van der Waals surface area contributed by atoms with E-state index in [-0.39, 0.29) is 17.3 Å². The normalized spacial score (nSPS) is 18.9. The molecule has 1 aliphatic heterocycles. The highest BCUT2D eigenvalue weighted by Crippen LogP contribution is 2.23. The van der Waals surface area contributed by atoms with Gasteiger partial charge in [-0.25, -0.2) is 4.39 Å². The molecule has 1 aromatic carbocycles. The van der Waals surface area contributed by atoms with E-state index in [1.807, 2.05) is 0 Å². The molecular formula is C13H14BrFN2O3. The number of alkyl halides is 1. The number of nitro groups is 1. The van der Waals surface area contributed by atoms with E-state index in [4.69, 9.17) is 0 Å². The fourth-order valence-corrected chi connectivity index (χ4v) is 3.05. The van der Waals surface area contributed by atoms with E-state index in [9.17, 15) is 19.3 Å². The van der Waals surface area contributed by atoms with Gasteiger partial charge in [-0.3, -0.25) is 14.9 Å². The van der Waals surface area contributed by atoms with Gasteiger partial charge in [0.1, 0.15) is 5.82 Å². The molecule has 1 heterocycles. The Morgan fingerprint density at radius 3 is 2.85 bits per heavy atom. The van der Waals surface area contributed by atoms with Crippen LogP contribution in [0.3, 0.4) is 0 Å². The summed E-state index contributed by atoms with van der Waals surface area (Å²) in [4.78, 5) is 23.9. The molecule has 1 unspecified atom stereocenters. The van der Waals surface area contributed by atoms with Crippen molar-refractivity contribution in [3.63, 3.8) is 0 Å². The highest BCUT2D eigenvalue weighted by molar-refractivity contribution is 9.09. The maximum atomic E-state index is 13.9. The second-order valence-corrected chi connectivity index (χ2v) is 5.37. The number of hydrogen-bond donors (Lipinski definition) is 0. The molecule has 2 rings (SSSR count). The number of piperidine rings is 1. The van der Waals surface area contributed by atoms with Crippen molar-refractivity contribution in [3.05, 3.63) is 39.7 Å². The summed E-state index contributed by atoms with van der Waals surface area (Å²) in [5.41, 5.74) is -0.460. The molecule has 1 aliphatic rings. The van der Waals surface area contributed by atoms with Gasteiger partial charge in [-0.05, 0) is 25.3 Å². The van der Waals surface area contributed by atoms with Crippen molar-refractivity contribution in [1.82, 2.24) is 4.90 Å². The Balaban J connectivity index is 2.26. The van der Waals surface area contributed by atoms with Crippen LogP contribution in [0.2, 0.25) is 0 Å². The number of likely N-dealkylation sites (tertiary alicyclic amines) is 1. The molecule has 0 N–H and O–H groups in total. The van der Waals surface area contributed by atoms with E-state index in [0.29, 0.717) is 11.9 Å². The number of benzene rings is 1. The minimum absolute atomic E-state index is 0.0471. The fraction of sp³-hybridized carbons (Fsp3) is 0.462. The van der Waals surface area contributed by atoms with E-state index in [0.717, 1.165) is 31.4 Å². The first-order chi connectivity index (χ1) is 9.54. The Hall–Kier alpha value is -1.50. The van der Waals surface area contributed by atoms with Gasteiger partial charge < -0.3 is 4.90 Å². The molecule has 1 amide bonds. The maximum absolute atomic E-state index is 13.9. The van der Waals surface area contributed by atoms with Crippen molar-refractivity contribution in [2.75, 3.05) is 11.9 Å². The maximum Gasteiger partial charge on any atom is 0.272 e. The Kier molecular flexibility index (Phi) is 4.69. The van der Waals surface area contributed by atoms with Crippen LogP contribution < -0.4 is 0 Å². The van der Waals surface area contributed by atoms with Crippen LogP contribution in [0.25, 0.3) is 0 Å². The van der Waals surface area contributed by atoms with Crippen LogP contribution in [0.4, 0.5) is 10.1 Å². The molecule has 0 aromatic heterocycles. The summed E-state index contributed by atoms with van der Waals surface area (Å²) in [6.07, 6.45) is 2.82. The van der Waals surface area contributed by atoms with Gasteiger partial charge in [-0.1, -0.05) is 15.9 Å². The Labute approximate surface area is 124 Å². The van der Waals surface area contributed by atoms with Crippen LogP contribution in [0.5, 0.6) is 0 Å². The van der Waals surface area contributed by atoms with Crippen LogP contribution in [0.1, 0.15) is 29.6 Å². The molecular weight excluding hydrogens is 331 g/mol. The number of nitrogens with zero attached hydrogens (tertiary/aromatic N) is 2. The van der Waals surface area contributed by atoms with Crippen molar-refractivity contribution in [1.29, 1.82) is 0 Å². The molecule has 108 valence electrons. The molecule has 20 heavy (non-hydrogen) atoms. The van der Waals surface area contributed by atoms with Gasteiger partial charge in [0.15, 0.2) is 0 Å². The lowest BCUT2D eigenvalue weighted by Gasteiger charge is -2.34. The molecule has 1 atom stereocenters. The summed E-state index contributed by atoms with van der Waals surface area (Å²) >= 11 is 3.36. The summed E-state index contributed by atoms with van der Waals surface area (Å²) in [5.74, 6) is -1.25. The van der Waals surface area contributed by atoms with Crippen LogP contribution in [-0.2, 0) is 0 Å². The largest absolute Gasteiger partial charge is 0.335 e. The van der Waals surface area contributed by atoms with Gasteiger partial charge in [0.25, 0.3) is 11.6 Å². The standard InChI is InChI=1S/C13H14BrFN2O3/c14-8-10-3-1-2-6-16(10)13(18)11-5-4-9(17(19)20)7-12(11)15/h4-5,7,10H,1-3,6,8H2. The molecule has 0 bridgehead atoms. The predicted octanol–water partition coefficient (Wildman–Crippen LogP) is 3.12. The van der Waals surface area contributed by atoms with Crippen LogP contribution in [0.15, 0.2) is 18.2 Å². The first-order valence-corrected chi connectivity index (χ1v) is 7.47. The van der Waals surface area contributed by atoms with Crippen molar-refractivity contribution in [2.24, 2.45) is 0 Å². The smallest absolute Gasteiger partial charge is 0.272 e. The zero-order valence-corrected chi connectivity index (χ0v) is 12.3. The molecule has 0 saturated carbocycles. The first-order valence-electron chi connectivity index (χ1n) is 6.35. The molecule has 1 saturated heterocycles. The van der Waals surface area contributed by atoms with Gasteiger partial charge >= 0.3 is 0 Å². The van der Waals surface area contributed by atoms with Gasteiger partial charge in [0.05, 0.1) is 16.6 Å². The van der Waals surface area contributed by atoms with E-state index in [2.05, 4.69) is 15.9 Å². The van der Waals surface area contributed by atoms with Crippen molar-refractivity contribution < 1.29 is 14.1 Å². The number of halogens is 2. The highest BCUT2D eigenvalue weighted by atomic mass is 79.9. The number of non-ortho nitro benzene ring substituents is 1. The van der Waals surface area contributed by atoms with Gasteiger partial charge in [0.2, 0.25) is 0 Å². The lowest BCUT2D eigenvalue weighted by Crippen LogP contribution is -2.44. The summed E-state index contributed by atoms with van der Waals surface area (Å²) in [6, 6.07) is 3.19. The zero-order chi connectivity index (χ0) is 14.7. The molecule has 1 aromatic rings. The zero-order valence-electron chi connectivity index (χ0n) is 10.7. The SMILES string of the molecule is O=C(c1ccc([N+](=O)[O-])cc1F)N1CCCCC1CBr. The highest BCUT2D eigenvalue weighted by Gasteiger charge is 2.28. The third kappa shape index (κ3) is 2.98. The van der Waals surface area contributed by atoms with Gasteiger partial charge in [0, 0.05) is 24.0 Å². The second kappa shape index (κ2) is 6.30. The summed E-state index contributed by atoms with van der Waals surface area (Å²) in [7, 11) is 0. The number of hydrogen-bond acceptors (Lipinski definition) is 3. The topological polar surface area (TPSA) is 63.4 Å². The molecule has 5 nitrogen and oxygen atoms in total. The molecule has 0 aliphatic carbocycles. The van der Waals surface area contributed by atoms with E-state index < -0.39 is 16.6 Å². The minimum atomic E-state index is -0.844. The molecule has 7 heteroatoms. The number of carbonyl (C=O) groups is 1. The van der Waals surface area contributed by atoms with Crippen molar-refractivity contribution in [3.8, 4) is 0 Å². The van der Waals surface area contributed by atoms with Crippen LogP contribution >= 0.6 is 15.9 Å². The Morgan fingerprint density at radius 1 is 1.50 bits per heavy atom. The summed E-state index contributed by atoms with van der Waals surface area (Å²) < 4.78 is 13.9. The van der Waals surface area contributed by atoms with Crippen molar-refractivity contribution >= 4 is 27.5 Å². The number of rotatable bonds is 3. The number of nitro benzene ring substituents is 1. The Morgan fingerprint density at radius 2 is 2.25 bits per heavy atom. The van der Waals surface area contributed by atoms with E-state index in [1.165, 1.54) is 6.07 Å². The Bertz CT molecular complexity index is 538. The third-order valence-corrected chi connectivity index (χ3v) is 4.21. The second-order valence-electron chi connectivity index (χ2n) is 4.72. The monoisotopic (exact) mass is 344 g/mol. The van der Waals surface area contributed by atoms with Crippen LogP contribution in [0, 0.1) is 15.9 Å². The predicted molar refractivity (Wildman–Crippen MR) is 75.5 cm³/mol. The van der Waals surface area contributed by atoms with Gasteiger partial charge in [-0.2, -0.15) is 0 Å². The van der Waals surface area contributed by atoms with Crippen molar-refractivity contribution in [2.45, 2.75) is 25.3 Å². The quantitative estimate of drug-likeness (QED) is 0.480. The molecule has 0 spiro atoms. The molecule has 0 radical (unpaired) electrons. The van der Waals surface area contributed by atoms with Gasteiger partial charge in [-0.15, -0.1) is 0 Å². The number of carbonyl (C=O) groups excluding carboxylic acids is 1. The lowest BCUT2D eigenvalue weighted by atomic mass is 10.0. The minimum Gasteiger partial charge on any atom is -0.335 e. The lowest BCUT2D eigenvalue weighted by molar-refractivity contribution is -0.385. The average Bonchev–Trinajstić information content (AvgIpc) is 2.46. The van der Waals surface area contributed by atoms with Crippen LogP contribution in [-0.4, -0.2) is 33.6 Å². The molecule has 1 fully saturated rings. The van der Waals surface area contributed by atoms with E-state index in [1.54, 1.807) is 4.90 Å². The average molecular weight is 345 g/mol. The summed E-state index contributed by atoms with van der Waals surface area (Å²) in [6.45, 7) is 0.589. The summed E-state index contributed by atoms with van der Waals surface area (Å²) in [5, 5.41) is 11.2. The number of amides is 1. The first kappa shape index (κ1) is 14.9.